The second kappa shape index (κ2) is 6.54. The molecule has 0 spiro atoms. The zero-order valence-electron chi connectivity index (χ0n) is 13.0. The minimum Gasteiger partial charge on any atom is -0.313 e. The molecular formula is C18H25N3. The van der Waals surface area contributed by atoms with Gasteiger partial charge in [0.05, 0.1) is 5.52 Å². The molecule has 3 nitrogen and oxygen atoms in total. The van der Waals surface area contributed by atoms with Crippen LogP contribution in [0.3, 0.4) is 0 Å². The van der Waals surface area contributed by atoms with Crippen LogP contribution in [0, 0.1) is 0 Å². The van der Waals surface area contributed by atoms with Gasteiger partial charge in [0.25, 0.3) is 0 Å². The summed E-state index contributed by atoms with van der Waals surface area (Å²) in [6.07, 6.45) is 4.55. The van der Waals surface area contributed by atoms with Crippen LogP contribution in [-0.4, -0.2) is 35.1 Å². The van der Waals surface area contributed by atoms with Crippen LogP contribution in [-0.2, 0) is 6.54 Å². The summed E-state index contributed by atoms with van der Waals surface area (Å²) in [6, 6.07) is 11.8. The van der Waals surface area contributed by atoms with Crippen LogP contribution in [0.5, 0.6) is 0 Å². The number of pyridine rings is 1. The second-order valence-corrected chi connectivity index (χ2v) is 6.30. The van der Waals surface area contributed by atoms with Gasteiger partial charge in [-0.1, -0.05) is 18.2 Å². The maximum absolute atomic E-state index is 4.47. The van der Waals surface area contributed by atoms with Crippen molar-refractivity contribution in [1.29, 1.82) is 0 Å². The van der Waals surface area contributed by atoms with Crippen LogP contribution in [0.2, 0.25) is 0 Å². The standard InChI is InChI=1S/C18H25N3/c1-14(2)21(13-16-6-5-10-19-16)12-15-9-11-20-18-8-4-3-7-17(15)18/h3-4,7-9,11,14,16,19H,5-6,10,12-13H2,1-2H3. The van der Waals surface area contributed by atoms with Crippen LogP contribution in [0.1, 0.15) is 32.3 Å². The Bertz CT molecular complexity index is 583. The number of para-hydroxylation sites is 1. The van der Waals surface area contributed by atoms with Crippen LogP contribution < -0.4 is 5.32 Å². The number of nitrogens with one attached hydrogen (secondary N) is 1. The van der Waals surface area contributed by atoms with Crippen molar-refractivity contribution in [2.75, 3.05) is 13.1 Å². The summed E-state index contributed by atoms with van der Waals surface area (Å²) < 4.78 is 0. The molecule has 1 aromatic heterocycles. The quantitative estimate of drug-likeness (QED) is 0.913. The van der Waals surface area contributed by atoms with Gasteiger partial charge in [-0.25, -0.2) is 0 Å². The minimum absolute atomic E-state index is 0.555. The zero-order valence-corrected chi connectivity index (χ0v) is 13.0. The van der Waals surface area contributed by atoms with E-state index >= 15 is 0 Å². The summed E-state index contributed by atoms with van der Waals surface area (Å²) in [6.45, 7) is 7.89. The lowest BCUT2D eigenvalue weighted by molar-refractivity contribution is 0.194. The monoisotopic (exact) mass is 283 g/mol. The normalized spacial score (nSPS) is 19.0. The van der Waals surface area contributed by atoms with E-state index < -0.39 is 0 Å². The van der Waals surface area contributed by atoms with E-state index in [0.29, 0.717) is 12.1 Å². The first-order valence-electron chi connectivity index (χ1n) is 8.04. The largest absolute Gasteiger partial charge is 0.313 e. The smallest absolute Gasteiger partial charge is 0.0705 e. The van der Waals surface area contributed by atoms with Crippen molar-refractivity contribution in [2.45, 2.75) is 45.3 Å². The molecule has 0 aliphatic carbocycles. The Hall–Kier alpha value is -1.45. The number of fused-ring (bicyclic) bond motifs is 1. The maximum Gasteiger partial charge on any atom is 0.0705 e. The van der Waals surface area contributed by atoms with Crippen LogP contribution in [0.15, 0.2) is 36.5 Å². The van der Waals surface area contributed by atoms with Gasteiger partial charge in [0, 0.05) is 36.8 Å². The first-order chi connectivity index (χ1) is 10.2. The van der Waals surface area contributed by atoms with Crippen molar-refractivity contribution < 1.29 is 0 Å². The van der Waals surface area contributed by atoms with Gasteiger partial charge in [-0.05, 0) is 50.9 Å². The van der Waals surface area contributed by atoms with Crippen molar-refractivity contribution >= 4 is 10.9 Å². The van der Waals surface area contributed by atoms with Crippen LogP contribution in [0.25, 0.3) is 10.9 Å². The van der Waals surface area contributed by atoms with E-state index in [2.05, 4.69) is 59.4 Å². The molecule has 0 bridgehead atoms. The maximum atomic E-state index is 4.47. The molecule has 0 radical (unpaired) electrons. The summed E-state index contributed by atoms with van der Waals surface area (Å²) in [5.74, 6) is 0. The van der Waals surface area contributed by atoms with E-state index in [1.54, 1.807) is 0 Å². The Morgan fingerprint density at radius 1 is 1.29 bits per heavy atom. The molecule has 3 heteroatoms. The molecule has 3 rings (SSSR count). The Labute approximate surface area is 127 Å². The molecule has 112 valence electrons. The summed E-state index contributed by atoms with van der Waals surface area (Å²) >= 11 is 0. The van der Waals surface area contributed by atoms with E-state index in [9.17, 15) is 0 Å². The van der Waals surface area contributed by atoms with Crippen molar-refractivity contribution in [3.05, 3.63) is 42.1 Å². The van der Waals surface area contributed by atoms with Gasteiger partial charge in [0.15, 0.2) is 0 Å². The molecule has 0 saturated carbocycles. The third-order valence-electron chi connectivity index (χ3n) is 4.46. The topological polar surface area (TPSA) is 28.2 Å². The van der Waals surface area contributed by atoms with Gasteiger partial charge in [0.2, 0.25) is 0 Å². The summed E-state index contributed by atoms with van der Waals surface area (Å²) in [5, 5.41) is 4.89. The number of benzene rings is 1. The molecule has 1 atom stereocenters. The van der Waals surface area contributed by atoms with Crippen LogP contribution >= 0.6 is 0 Å². The lowest BCUT2D eigenvalue weighted by Crippen LogP contribution is -2.40. The van der Waals surface area contributed by atoms with Crippen molar-refractivity contribution in [2.24, 2.45) is 0 Å². The van der Waals surface area contributed by atoms with Gasteiger partial charge < -0.3 is 5.32 Å². The Morgan fingerprint density at radius 3 is 2.90 bits per heavy atom. The molecule has 1 aliphatic rings. The summed E-state index contributed by atoms with van der Waals surface area (Å²) in [4.78, 5) is 7.04. The molecular weight excluding hydrogens is 258 g/mol. The molecule has 1 aromatic carbocycles. The summed E-state index contributed by atoms with van der Waals surface area (Å²) in [5.41, 5.74) is 2.48. The molecule has 2 aromatic rings. The van der Waals surface area contributed by atoms with Gasteiger partial charge in [-0.3, -0.25) is 9.88 Å². The molecule has 21 heavy (non-hydrogen) atoms. The molecule has 1 unspecified atom stereocenters. The van der Waals surface area contributed by atoms with Crippen LogP contribution in [0.4, 0.5) is 0 Å². The Kier molecular flexibility index (Phi) is 4.51. The molecule has 0 amide bonds. The number of rotatable bonds is 5. The van der Waals surface area contributed by atoms with E-state index in [1.807, 2.05) is 6.20 Å². The van der Waals surface area contributed by atoms with Crippen molar-refractivity contribution in [3.8, 4) is 0 Å². The molecule has 1 aliphatic heterocycles. The third kappa shape index (κ3) is 3.42. The molecule has 1 N–H and O–H groups in total. The first-order valence-corrected chi connectivity index (χ1v) is 8.04. The summed E-state index contributed by atoms with van der Waals surface area (Å²) in [7, 11) is 0. The highest BCUT2D eigenvalue weighted by molar-refractivity contribution is 5.81. The van der Waals surface area contributed by atoms with Crippen molar-refractivity contribution in [1.82, 2.24) is 15.2 Å². The third-order valence-corrected chi connectivity index (χ3v) is 4.46. The SMILES string of the molecule is CC(C)N(Cc1ccnc2ccccc12)CC1CCCN1. The highest BCUT2D eigenvalue weighted by Gasteiger charge is 2.20. The number of aromatic nitrogens is 1. The van der Waals surface area contributed by atoms with Crippen molar-refractivity contribution in [3.63, 3.8) is 0 Å². The molecule has 1 saturated heterocycles. The lowest BCUT2D eigenvalue weighted by atomic mass is 10.1. The first kappa shape index (κ1) is 14.5. The molecule has 1 fully saturated rings. The average Bonchev–Trinajstić information content (AvgIpc) is 3.00. The zero-order chi connectivity index (χ0) is 14.7. The van der Waals surface area contributed by atoms with E-state index in [4.69, 9.17) is 0 Å². The predicted molar refractivity (Wildman–Crippen MR) is 88.3 cm³/mol. The van der Waals surface area contributed by atoms with Gasteiger partial charge in [-0.2, -0.15) is 0 Å². The Balaban J connectivity index is 1.80. The van der Waals surface area contributed by atoms with Gasteiger partial charge in [0.1, 0.15) is 0 Å². The highest BCUT2D eigenvalue weighted by atomic mass is 15.2. The second-order valence-electron chi connectivity index (χ2n) is 6.30. The number of hydrogen-bond acceptors (Lipinski definition) is 3. The number of nitrogens with zero attached hydrogens (tertiary/aromatic N) is 2. The van der Waals surface area contributed by atoms with Gasteiger partial charge >= 0.3 is 0 Å². The highest BCUT2D eigenvalue weighted by Crippen LogP contribution is 2.20. The van der Waals surface area contributed by atoms with Gasteiger partial charge in [-0.15, -0.1) is 0 Å². The Morgan fingerprint density at radius 2 is 2.14 bits per heavy atom. The fourth-order valence-electron chi connectivity index (χ4n) is 3.17. The fourth-order valence-corrected chi connectivity index (χ4v) is 3.17. The number of hydrogen-bond donors (Lipinski definition) is 1. The van der Waals surface area contributed by atoms with E-state index in [0.717, 1.165) is 18.6 Å². The average molecular weight is 283 g/mol. The predicted octanol–water partition coefficient (Wildman–Crippen LogP) is 3.20. The van der Waals surface area contributed by atoms with E-state index in [1.165, 1.54) is 30.3 Å². The minimum atomic E-state index is 0.555. The lowest BCUT2D eigenvalue weighted by Gasteiger charge is -2.29. The fraction of sp³-hybridized carbons (Fsp3) is 0.500. The molecule has 2 heterocycles. The van der Waals surface area contributed by atoms with E-state index in [-0.39, 0.29) is 0 Å².